The summed E-state index contributed by atoms with van der Waals surface area (Å²) in [6.07, 6.45) is 8.61. The van der Waals surface area contributed by atoms with Gasteiger partial charge in [-0.05, 0) is 48.2 Å². The highest BCUT2D eigenvalue weighted by Crippen LogP contribution is 2.43. The fourth-order valence-electron chi connectivity index (χ4n) is 4.19. The van der Waals surface area contributed by atoms with Crippen LogP contribution in [0, 0.1) is 0 Å². The van der Waals surface area contributed by atoms with E-state index in [9.17, 15) is 0 Å². The lowest BCUT2D eigenvalue weighted by molar-refractivity contribution is 0.122. The van der Waals surface area contributed by atoms with Crippen LogP contribution in [-0.4, -0.2) is 47.0 Å². The molecule has 4 heterocycles. The Balaban J connectivity index is 1.67. The number of hydrogen-bond acceptors (Lipinski definition) is 7. The van der Waals surface area contributed by atoms with Gasteiger partial charge in [0, 0.05) is 24.2 Å². The second-order valence-electron chi connectivity index (χ2n) is 7.44. The number of fused-ring (bicyclic) bond motifs is 5. The Morgan fingerprint density at radius 2 is 2.03 bits per heavy atom. The number of morpholine rings is 1. The predicted octanol–water partition coefficient (Wildman–Crippen LogP) is 5.35. The number of pyridine rings is 1. The third kappa shape index (κ3) is 3.80. The second kappa shape index (κ2) is 8.49. The van der Waals surface area contributed by atoms with Crippen LogP contribution in [0.15, 0.2) is 21.9 Å². The number of allylic oxidation sites excluding steroid dienone is 1. The minimum Gasteiger partial charge on any atom is -0.378 e. The van der Waals surface area contributed by atoms with E-state index in [1.807, 2.05) is 0 Å². The molecule has 5 rings (SSSR count). The second-order valence-corrected chi connectivity index (χ2v) is 10.7. The van der Waals surface area contributed by atoms with Gasteiger partial charge in [-0.3, -0.25) is 0 Å². The molecule has 0 saturated carbocycles. The molecule has 29 heavy (non-hydrogen) atoms. The predicted molar refractivity (Wildman–Crippen MR) is 126 cm³/mol. The Hall–Kier alpha value is -1.22. The third-order valence-electron chi connectivity index (χ3n) is 5.56. The van der Waals surface area contributed by atoms with E-state index < -0.39 is 0 Å². The highest BCUT2D eigenvalue weighted by atomic mass is 79.9. The van der Waals surface area contributed by atoms with Crippen LogP contribution in [0.3, 0.4) is 0 Å². The summed E-state index contributed by atoms with van der Waals surface area (Å²) in [5, 5.41) is 2.33. The van der Waals surface area contributed by atoms with Crippen LogP contribution in [0.25, 0.3) is 20.4 Å². The average Bonchev–Trinajstić information content (AvgIpc) is 3.13. The minimum atomic E-state index is 0.785. The lowest BCUT2D eigenvalue weighted by Gasteiger charge is -2.31. The van der Waals surface area contributed by atoms with Crippen LogP contribution in [0.2, 0.25) is 0 Å². The highest BCUT2D eigenvalue weighted by Gasteiger charge is 2.26. The van der Waals surface area contributed by atoms with Crippen LogP contribution in [0.5, 0.6) is 0 Å². The maximum Gasteiger partial charge on any atom is 0.133 e. The van der Waals surface area contributed by atoms with Gasteiger partial charge in [0.1, 0.15) is 22.0 Å². The molecule has 0 N–H and O–H groups in total. The fourth-order valence-corrected chi connectivity index (χ4v) is 6.75. The van der Waals surface area contributed by atoms with Crippen molar-refractivity contribution in [2.45, 2.75) is 37.6 Å². The molecule has 0 aromatic carbocycles. The van der Waals surface area contributed by atoms with Gasteiger partial charge in [-0.25, -0.2) is 15.0 Å². The summed E-state index contributed by atoms with van der Waals surface area (Å²) in [6.45, 7) is 5.48. The molecular weight excluding hydrogens is 468 g/mol. The van der Waals surface area contributed by atoms with Gasteiger partial charge in [0.05, 0.1) is 23.4 Å². The first-order chi connectivity index (χ1) is 14.2. The largest absolute Gasteiger partial charge is 0.378 e. The molecular formula is C21H23BrN4OS2. The molecule has 1 aliphatic carbocycles. The number of rotatable bonds is 4. The maximum absolute atomic E-state index is 5.57. The molecule has 3 aromatic rings. The van der Waals surface area contributed by atoms with E-state index in [1.54, 1.807) is 29.4 Å². The van der Waals surface area contributed by atoms with E-state index in [4.69, 9.17) is 14.7 Å². The van der Waals surface area contributed by atoms with E-state index >= 15 is 0 Å². The Morgan fingerprint density at radius 1 is 1.24 bits per heavy atom. The van der Waals surface area contributed by atoms with E-state index in [1.165, 1.54) is 39.9 Å². The Labute approximate surface area is 187 Å². The molecule has 3 aromatic heterocycles. The number of thiophene rings is 1. The third-order valence-corrected chi connectivity index (χ3v) is 8.01. The first-order valence-electron chi connectivity index (χ1n) is 10.1. The standard InChI is InChI=1S/C21H23BrN4OS2/c1-13(22)6-11-28-21-18-17(23-12-24-21)16-14-4-2-3-5-15(14)19(25-20(16)29-18)26-7-9-27-10-8-26/h6,12H,2-5,7-11H2,1H3/b13-6+. The quantitative estimate of drug-likeness (QED) is 0.363. The van der Waals surface area contributed by atoms with Crippen LogP contribution in [-0.2, 0) is 17.6 Å². The molecule has 0 radical (unpaired) electrons. The molecule has 8 heteroatoms. The van der Waals surface area contributed by atoms with Crippen molar-refractivity contribution in [3.8, 4) is 0 Å². The van der Waals surface area contributed by atoms with Crippen LogP contribution in [0.1, 0.15) is 30.9 Å². The molecule has 152 valence electrons. The number of aromatic nitrogens is 3. The summed E-state index contributed by atoms with van der Waals surface area (Å²) in [5.41, 5.74) is 4.00. The van der Waals surface area contributed by atoms with Crippen LogP contribution < -0.4 is 4.90 Å². The van der Waals surface area contributed by atoms with Crippen LogP contribution in [0.4, 0.5) is 5.82 Å². The average molecular weight is 491 g/mol. The van der Waals surface area contributed by atoms with Crippen molar-refractivity contribution in [3.05, 3.63) is 28.0 Å². The normalized spacial score (nSPS) is 17.9. The van der Waals surface area contributed by atoms with E-state index in [0.29, 0.717) is 0 Å². The first-order valence-corrected chi connectivity index (χ1v) is 12.7. The number of hydrogen-bond donors (Lipinski definition) is 0. The lowest BCUT2D eigenvalue weighted by atomic mass is 9.90. The van der Waals surface area contributed by atoms with Gasteiger partial charge < -0.3 is 9.64 Å². The topological polar surface area (TPSA) is 51.1 Å². The molecule has 0 atom stereocenters. The van der Waals surface area contributed by atoms with Crippen molar-refractivity contribution in [2.24, 2.45) is 0 Å². The molecule has 0 amide bonds. The zero-order valence-corrected chi connectivity index (χ0v) is 19.6. The SMILES string of the molecule is C/C(Br)=C\CSc1ncnc2c1sc1nc(N3CCOCC3)c3c(c12)CCCC3. The highest BCUT2D eigenvalue weighted by molar-refractivity contribution is 9.11. The zero-order valence-electron chi connectivity index (χ0n) is 16.4. The Kier molecular flexibility index (Phi) is 5.78. The molecule has 0 spiro atoms. The lowest BCUT2D eigenvalue weighted by Crippen LogP contribution is -2.37. The number of halogens is 1. The number of nitrogens with zero attached hydrogens (tertiary/aromatic N) is 4. The summed E-state index contributed by atoms with van der Waals surface area (Å²) in [7, 11) is 0. The first kappa shape index (κ1) is 19.7. The fraction of sp³-hybridized carbons (Fsp3) is 0.476. The van der Waals surface area contributed by atoms with Crippen molar-refractivity contribution in [2.75, 3.05) is 37.0 Å². The van der Waals surface area contributed by atoms with Gasteiger partial charge in [-0.15, -0.1) is 23.1 Å². The molecule has 1 fully saturated rings. The number of thioether (sulfide) groups is 1. The van der Waals surface area contributed by atoms with Crippen LogP contribution >= 0.6 is 39.0 Å². The molecule has 5 nitrogen and oxygen atoms in total. The maximum atomic E-state index is 5.57. The molecule has 0 unspecified atom stereocenters. The Morgan fingerprint density at radius 3 is 2.83 bits per heavy atom. The molecule has 1 aliphatic heterocycles. The van der Waals surface area contributed by atoms with Gasteiger partial charge in [0.2, 0.25) is 0 Å². The number of anilines is 1. The van der Waals surface area contributed by atoms with E-state index in [2.05, 4.69) is 38.8 Å². The molecule has 1 saturated heterocycles. The van der Waals surface area contributed by atoms with Crippen molar-refractivity contribution in [1.82, 2.24) is 15.0 Å². The number of ether oxygens (including phenoxy) is 1. The van der Waals surface area contributed by atoms with Crippen molar-refractivity contribution >= 4 is 65.3 Å². The Bertz CT molecular complexity index is 1090. The molecule has 2 aliphatic rings. The summed E-state index contributed by atoms with van der Waals surface area (Å²) in [4.78, 5) is 18.0. The van der Waals surface area contributed by atoms with Gasteiger partial charge in [0.15, 0.2) is 0 Å². The van der Waals surface area contributed by atoms with E-state index in [-0.39, 0.29) is 0 Å². The zero-order chi connectivity index (χ0) is 19.8. The summed E-state index contributed by atoms with van der Waals surface area (Å²) >= 11 is 7.02. The van der Waals surface area contributed by atoms with Gasteiger partial charge in [-0.1, -0.05) is 22.0 Å². The van der Waals surface area contributed by atoms with Gasteiger partial charge in [-0.2, -0.15) is 0 Å². The summed E-state index contributed by atoms with van der Waals surface area (Å²) in [5.74, 6) is 2.07. The van der Waals surface area contributed by atoms with Crippen molar-refractivity contribution in [3.63, 3.8) is 0 Å². The van der Waals surface area contributed by atoms with Crippen molar-refractivity contribution in [1.29, 1.82) is 0 Å². The minimum absolute atomic E-state index is 0.785. The van der Waals surface area contributed by atoms with Gasteiger partial charge in [0.25, 0.3) is 0 Å². The summed E-state index contributed by atoms with van der Waals surface area (Å²) < 4.78 is 7.90. The van der Waals surface area contributed by atoms with Gasteiger partial charge >= 0.3 is 0 Å². The summed E-state index contributed by atoms with van der Waals surface area (Å²) in [6, 6.07) is 0. The monoisotopic (exact) mass is 490 g/mol. The smallest absolute Gasteiger partial charge is 0.133 e. The van der Waals surface area contributed by atoms with Crippen molar-refractivity contribution < 1.29 is 4.74 Å². The van der Waals surface area contributed by atoms with E-state index in [0.717, 1.165) is 64.8 Å². The number of aryl methyl sites for hydroxylation is 1. The molecule has 0 bridgehead atoms.